The van der Waals surface area contributed by atoms with Crippen molar-refractivity contribution in [3.05, 3.63) is 12.4 Å². The van der Waals surface area contributed by atoms with Gasteiger partial charge in [0.15, 0.2) is 0 Å². The maximum absolute atomic E-state index is 4.55. The predicted molar refractivity (Wildman–Crippen MR) is 71.4 cm³/mol. The summed E-state index contributed by atoms with van der Waals surface area (Å²) >= 11 is 0. The molecule has 1 fully saturated rings. The Labute approximate surface area is 103 Å². The number of anilines is 2. The lowest BCUT2D eigenvalue weighted by Gasteiger charge is -2.36. The Hall–Kier alpha value is -1.32. The minimum absolute atomic E-state index is 0.602. The second-order valence-electron chi connectivity index (χ2n) is 4.95. The summed E-state index contributed by atoms with van der Waals surface area (Å²) in [6.07, 6.45) is 8.90. The zero-order valence-corrected chi connectivity index (χ0v) is 11.0. The fraction of sp³-hybridized carbons (Fsp3) is 0.692. The summed E-state index contributed by atoms with van der Waals surface area (Å²) < 4.78 is 0. The summed E-state index contributed by atoms with van der Waals surface area (Å²) in [5.74, 6) is 2.54. The van der Waals surface area contributed by atoms with Gasteiger partial charge < -0.3 is 10.2 Å². The molecule has 94 valence electrons. The van der Waals surface area contributed by atoms with Crippen molar-refractivity contribution in [3.8, 4) is 0 Å². The lowest BCUT2D eigenvalue weighted by Crippen LogP contribution is -2.39. The Morgan fingerprint density at radius 2 is 2.06 bits per heavy atom. The number of hydrogen-bond donors (Lipinski definition) is 1. The Kier molecular flexibility index (Phi) is 3.82. The summed E-state index contributed by atoms with van der Waals surface area (Å²) in [6.45, 7) is 2.34. The molecule has 17 heavy (non-hydrogen) atoms. The van der Waals surface area contributed by atoms with E-state index in [0.717, 1.165) is 17.6 Å². The summed E-state index contributed by atoms with van der Waals surface area (Å²) in [5.41, 5.74) is 0. The fourth-order valence-corrected chi connectivity index (χ4v) is 2.69. The van der Waals surface area contributed by atoms with Crippen LogP contribution >= 0.6 is 0 Å². The quantitative estimate of drug-likeness (QED) is 0.872. The predicted octanol–water partition coefficient (Wildman–Crippen LogP) is 2.53. The fourth-order valence-electron chi connectivity index (χ4n) is 2.69. The standard InChI is InChI=1S/C13H22N4/c1-10-6-4-5-7-11(10)17(3)13-9-15-8-12(14-2)16-13/h8-11H,4-7H2,1-3H3,(H,14,16). The minimum atomic E-state index is 0.602. The molecule has 2 unspecified atom stereocenters. The second-order valence-corrected chi connectivity index (χ2v) is 4.95. The van der Waals surface area contributed by atoms with E-state index in [4.69, 9.17) is 0 Å². The molecule has 2 atom stereocenters. The number of nitrogens with one attached hydrogen (secondary N) is 1. The van der Waals surface area contributed by atoms with Gasteiger partial charge in [0.1, 0.15) is 11.6 Å². The van der Waals surface area contributed by atoms with Gasteiger partial charge in [-0.2, -0.15) is 0 Å². The van der Waals surface area contributed by atoms with Crippen LogP contribution in [0.3, 0.4) is 0 Å². The highest BCUT2D eigenvalue weighted by Crippen LogP contribution is 2.29. The third kappa shape index (κ3) is 2.68. The van der Waals surface area contributed by atoms with E-state index < -0.39 is 0 Å². The van der Waals surface area contributed by atoms with E-state index in [1.807, 2.05) is 13.2 Å². The molecular formula is C13H22N4. The van der Waals surface area contributed by atoms with Crippen LogP contribution in [0.25, 0.3) is 0 Å². The molecule has 0 aliphatic heterocycles. The second kappa shape index (κ2) is 5.34. The van der Waals surface area contributed by atoms with Crippen LogP contribution in [-0.2, 0) is 0 Å². The molecule has 1 aromatic heterocycles. The van der Waals surface area contributed by atoms with Gasteiger partial charge in [0.2, 0.25) is 0 Å². The van der Waals surface area contributed by atoms with Gasteiger partial charge in [-0.25, -0.2) is 4.98 Å². The first-order chi connectivity index (χ1) is 8.22. The Morgan fingerprint density at radius 3 is 2.76 bits per heavy atom. The van der Waals surface area contributed by atoms with Gasteiger partial charge in [-0.1, -0.05) is 19.8 Å². The normalized spacial score (nSPS) is 24.4. The molecule has 1 saturated carbocycles. The monoisotopic (exact) mass is 234 g/mol. The highest BCUT2D eigenvalue weighted by atomic mass is 15.2. The van der Waals surface area contributed by atoms with E-state index in [1.165, 1.54) is 25.7 Å². The molecule has 4 nitrogen and oxygen atoms in total. The first-order valence-corrected chi connectivity index (χ1v) is 6.45. The van der Waals surface area contributed by atoms with E-state index >= 15 is 0 Å². The molecule has 1 aliphatic carbocycles. The molecule has 0 spiro atoms. The molecule has 2 rings (SSSR count). The Morgan fingerprint density at radius 1 is 1.29 bits per heavy atom. The van der Waals surface area contributed by atoms with E-state index in [0.29, 0.717) is 6.04 Å². The van der Waals surface area contributed by atoms with Gasteiger partial charge in [0.05, 0.1) is 12.4 Å². The molecule has 1 aliphatic rings. The molecule has 1 aromatic rings. The number of nitrogens with zero attached hydrogens (tertiary/aromatic N) is 3. The van der Waals surface area contributed by atoms with Crippen LogP contribution in [0, 0.1) is 5.92 Å². The Balaban J connectivity index is 2.14. The molecule has 0 radical (unpaired) electrons. The van der Waals surface area contributed by atoms with Crippen molar-refractivity contribution in [1.29, 1.82) is 0 Å². The molecule has 1 N–H and O–H groups in total. The molecule has 0 amide bonds. The topological polar surface area (TPSA) is 41.1 Å². The maximum Gasteiger partial charge on any atom is 0.149 e. The lowest BCUT2D eigenvalue weighted by atomic mass is 9.85. The van der Waals surface area contributed by atoms with Crippen molar-refractivity contribution in [3.63, 3.8) is 0 Å². The molecule has 1 heterocycles. The number of aromatic nitrogens is 2. The summed E-state index contributed by atoms with van der Waals surface area (Å²) in [6, 6.07) is 0.602. The van der Waals surface area contributed by atoms with Crippen LogP contribution in [0.4, 0.5) is 11.6 Å². The third-order valence-corrected chi connectivity index (χ3v) is 3.80. The van der Waals surface area contributed by atoms with E-state index in [2.05, 4.69) is 34.2 Å². The minimum Gasteiger partial charge on any atom is -0.372 e. The molecule has 0 bridgehead atoms. The maximum atomic E-state index is 4.55. The first-order valence-electron chi connectivity index (χ1n) is 6.45. The van der Waals surface area contributed by atoms with E-state index in [-0.39, 0.29) is 0 Å². The summed E-state index contributed by atoms with van der Waals surface area (Å²) in [7, 11) is 4.01. The van der Waals surface area contributed by atoms with Crippen LogP contribution in [0.15, 0.2) is 12.4 Å². The number of hydrogen-bond acceptors (Lipinski definition) is 4. The highest BCUT2D eigenvalue weighted by molar-refractivity contribution is 5.43. The zero-order valence-electron chi connectivity index (χ0n) is 11.0. The largest absolute Gasteiger partial charge is 0.372 e. The van der Waals surface area contributed by atoms with Crippen LogP contribution in [0.1, 0.15) is 32.6 Å². The highest BCUT2D eigenvalue weighted by Gasteiger charge is 2.25. The van der Waals surface area contributed by atoms with Gasteiger partial charge >= 0.3 is 0 Å². The average molecular weight is 234 g/mol. The summed E-state index contributed by atoms with van der Waals surface area (Å²) in [4.78, 5) is 11.1. The first kappa shape index (κ1) is 12.1. The van der Waals surface area contributed by atoms with Gasteiger partial charge in [-0.3, -0.25) is 4.98 Å². The van der Waals surface area contributed by atoms with Crippen molar-refractivity contribution < 1.29 is 0 Å². The molecule has 0 saturated heterocycles. The van der Waals surface area contributed by atoms with Crippen molar-refractivity contribution in [1.82, 2.24) is 9.97 Å². The van der Waals surface area contributed by atoms with Crippen LogP contribution in [-0.4, -0.2) is 30.1 Å². The smallest absolute Gasteiger partial charge is 0.149 e. The summed E-state index contributed by atoms with van der Waals surface area (Å²) in [5, 5.41) is 3.04. The van der Waals surface area contributed by atoms with Gasteiger partial charge in [0, 0.05) is 20.1 Å². The Bertz CT molecular complexity index is 366. The third-order valence-electron chi connectivity index (χ3n) is 3.80. The average Bonchev–Trinajstić information content (AvgIpc) is 2.38. The molecular weight excluding hydrogens is 212 g/mol. The lowest BCUT2D eigenvalue weighted by molar-refractivity contribution is 0.320. The van der Waals surface area contributed by atoms with Crippen LogP contribution in [0.2, 0.25) is 0 Å². The van der Waals surface area contributed by atoms with Gasteiger partial charge in [-0.05, 0) is 18.8 Å². The van der Waals surface area contributed by atoms with Gasteiger partial charge in [0.25, 0.3) is 0 Å². The van der Waals surface area contributed by atoms with Crippen molar-refractivity contribution in [2.24, 2.45) is 5.92 Å². The van der Waals surface area contributed by atoms with Crippen molar-refractivity contribution in [2.75, 3.05) is 24.3 Å². The van der Waals surface area contributed by atoms with Gasteiger partial charge in [-0.15, -0.1) is 0 Å². The molecule has 0 aromatic carbocycles. The van der Waals surface area contributed by atoms with E-state index in [9.17, 15) is 0 Å². The van der Waals surface area contributed by atoms with Crippen LogP contribution < -0.4 is 10.2 Å². The number of rotatable bonds is 3. The van der Waals surface area contributed by atoms with Crippen molar-refractivity contribution >= 4 is 11.6 Å². The zero-order chi connectivity index (χ0) is 12.3. The van der Waals surface area contributed by atoms with Crippen LogP contribution in [0.5, 0.6) is 0 Å². The van der Waals surface area contributed by atoms with E-state index in [1.54, 1.807) is 6.20 Å². The van der Waals surface area contributed by atoms with Crippen molar-refractivity contribution in [2.45, 2.75) is 38.6 Å². The molecule has 4 heteroatoms. The SMILES string of the molecule is CNc1cncc(N(C)C2CCCCC2C)n1.